The Morgan fingerprint density at radius 3 is 2.41 bits per heavy atom. The van der Waals surface area contributed by atoms with Crippen LogP contribution in [0.1, 0.15) is 18.4 Å². The SMILES string of the molecule is COc1c(Br)cc(C2(N)CC2)cc1S(C)(=O)=O. The van der Waals surface area contributed by atoms with Crippen LogP contribution < -0.4 is 10.5 Å². The molecule has 0 saturated heterocycles. The summed E-state index contributed by atoms with van der Waals surface area (Å²) in [6, 6.07) is 3.45. The molecule has 6 heteroatoms. The number of hydrogen-bond donors (Lipinski definition) is 1. The average molecular weight is 320 g/mol. The van der Waals surface area contributed by atoms with Crippen molar-refractivity contribution in [2.24, 2.45) is 5.73 Å². The summed E-state index contributed by atoms with van der Waals surface area (Å²) in [5.41, 5.74) is 6.56. The second-order valence-corrected chi connectivity index (χ2v) is 7.26. The Labute approximate surface area is 109 Å². The van der Waals surface area contributed by atoms with Gasteiger partial charge in [-0.15, -0.1) is 0 Å². The van der Waals surface area contributed by atoms with Crippen LogP contribution in [0.25, 0.3) is 0 Å². The Balaban J connectivity index is 2.67. The minimum Gasteiger partial charge on any atom is -0.494 e. The molecule has 1 aromatic carbocycles. The maximum absolute atomic E-state index is 11.7. The number of ether oxygens (including phenoxy) is 1. The first-order valence-electron chi connectivity index (χ1n) is 5.15. The number of hydrogen-bond acceptors (Lipinski definition) is 4. The predicted octanol–water partition coefficient (Wildman–Crippen LogP) is 1.81. The van der Waals surface area contributed by atoms with Gasteiger partial charge >= 0.3 is 0 Å². The lowest BCUT2D eigenvalue weighted by Crippen LogP contribution is -2.19. The minimum absolute atomic E-state index is 0.182. The van der Waals surface area contributed by atoms with Crippen molar-refractivity contribution in [1.82, 2.24) is 0 Å². The molecule has 0 atom stereocenters. The molecule has 0 heterocycles. The van der Waals surface area contributed by atoms with Crippen molar-refractivity contribution in [3.63, 3.8) is 0 Å². The summed E-state index contributed by atoms with van der Waals surface area (Å²) >= 11 is 3.33. The molecule has 1 fully saturated rings. The van der Waals surface area contributed by atoms with E-state index in [0.29, 0.717) is 10.2 Å². The highest BCUT2D eigenvalue weighted by molar-refractivity contribution is 9.10. The van der Waals surface area contributed by atoms with E-state index in [2.05, 4.69) is 15.9 Å². The van der Waals surface area contributed by atoms with E-state index in [1.54, 1.807) is 6.07 Å². The van der Waals surface area contributed by atoms with Gasteiger partial charge in [0.05, 0.1) is 11.6 Å². The van der Waals surface area contributed by atoms with Crippen molar-refractivity contribution in [2.45, 2.75) is 23.3 Å². The van der Waals surface area contributed by atoms with Gasteiger partial charge in [0.2, 0.25) is 0 Å². The first kappa shape index (κ1) is 12.9. The molecule has 0 aromatic heterocycles. The molecule has 0 spiro atoms. The van der Waals surface area contributed by atoms with Crippen molar-refractivity contribution >= 4 is 25.8 Å². The Kier molecular flexibility index (Phi) is 3.00. The van der Waals surface area contributed by atoms with Crippen molar-refractivity contribution in [3.05, 3.63) is 22.2 Å². The summed E-state index contributed by atoms with van der Waals surface area (Å²) < 4.78 is 29.2. The van der Waals surface area contributed by atoms with Crippen molar-refractivity contribution in [3.8, 4) is 5.75 Å². The summed E-state index contributed by atoms with van der Waals surface area (Å²) in [6.07, 6.45) is 2.93. The van der Waals surface area contributed by atoms with Crippen molar-refractivity contribution in [2.75, 3.05) is 13.4 Å². The highest BCUT2D eigenvalue weighted by Crippen LogP contribution is 2.46. The van der Waals surface area contributed by atoms with Crippen LogP contribution in [0.5, 0.6) is 5.75 Å². The molecule has 0 radical (unpaired) electrons. The number of sulfone groups is 1. The molecule has 0 amide bonds. The first-order chi connectivity index (χ1) is 7.78. The van der Waals surface area contributed by atoms with E-state index < -0.39 is 9.84 Å². The molecule has 94 valence electrons. The highest BCUT2D eigenvalue weighted by atomic mass is 79.9. The Morgan fingerprint density at radius 2 is 2.00 bits per heavy atom. The van der Waals surface area contributed by atoms with E-state index >= 15 is 0 Å². The third-order valence-electron chi connectivity index (χ3n) is 2.98. The molecule has 17 heavy (non-hydrogen) atoms. The normalized spacial score (nSPS) is 17.9. The summed E-state index contributed by atoms with van der Waals surface area (Å²) in [7, 11) is -1.89. The van der Waals surface area contributed by atoms with Crippen LogP contribution >= 0.6 is 15.9 Å². The number of nitrogens with two attached hydrogens (primary N) is 1. The molecule has 4 nitrogen and oxygen atoms in total. The highest BCUT2D eigenvalue weighted by Gasteiger charge is 2.41. The fraction of sp³-hybridized carbons (Fsp3) is 0.455. The minimum atomic E-state index is -3.33. The van der Waals surface area contributed by atoms with Crippen LogP contribution in [0, 0.1) is 0 Å². The van der Waals surface area contributed by atoms with Crippen LogP contribution in [-0.2, 0) is 15.4 Å². The fourth-order valence-electron chi connectivity index (χ4n) is 1.75. The number of rotatable bonds is 3. The topological polar surface area (TPSA) is 69.4 Å². The fourth-order valence-corrected chi connectivity index (χ4v) is 3.38. The molecule has 0 bridgehead atoms. The van der Waals surface area contributed by atoms with E-state index in [4.69, 9.17) is 10.5 Å². The molecule has 2 rings (SSSR count). The second kappa shape index (κ2) is 3.96. The molecular weight excluding hydrogens is 306 g/mol. The smallest absolute Gasteiger partial charge is 0.179 e. The van der Waals surface area contributed by atoms with E-state index in [1.807, 2.05) is 6.07 Å². The average Bonchev–Trinajstić information content (AvgIpc) is 2.95. The molecule has 1 aromatic rings. The molecular formula is C11H14BrNO3S. The van der Waals surface area contributed by atoms with Crippen molar-refractivity contribution < 1.29 is 13.2 Å². The van der Waals surface area contributed by atoms with Crippen LogP contribution in [-0.4, -0.2) is 21.8 Å². The lowest BCUT2D eigenvalue weighted by atomic mass is 10.1. The maximum Gasteiger partial charge on any atom is 0.179 e. The van der Waals surface area contributed by atoms with E-state index in [1.165, 1.54) is 7.11 Å². The molecule has 1 aliphatic rings. The van der Waals surface area contributed by atoms with Gasteiger partial charge in [0.15, 0.2) is 15.6 Å². The summed E-state index contributed by atoms with van der Waals surface area (Å²) in [4.78, 5) is 0.182. The number of benzene rings is 1. The summed E-state index contributed by atoms with van der Waals surface area (Å²) in [6.45, 7) is 0. The molecule has 0 aliphatic heterocycles. The van der Waals surface area contributed by atoms with Crippen LogP contribution in [0.15, 0.2) is 21.5 Å². The predicted molar refractivity (Wildman–Crippen MR) is 68.9 cm³/mol. The lowest BCUT2D eigenvalue weighted by molar-refractivity contribution is 0.399. The van der Waals surface area contributed by atoms with Gasteiger partial charge in [0, 0.05) is 11.8 Å². The molecule has 1 aliphatic carbocycles. The second-order valence-electron chi connectivity index (χ2n) is 4.42. The Bertz CT molecular complexity index is 564. The zero-order valence-electron chi connectivity index (χ0n) is 9.66. The Morgan fingerprint density at radius 1 is 1.41 bits per heavy atom. The zero-order chi connectivity index (χ0) is 12.8. The molecule has 1 saturated carbocycles. The number of methoxy groups -OCH3 is 1. The van der Waals surface area contributed by atoms with Crippen LogP contribution in [0.2, 0.25) is 0 Å². The first-order valence-corrected chi connectivity index (χ1v) is 7.83. The van der Waals surface area contributed by atoms with Gasteiger partial charge in [-0.2, -0.15) is 0 Å². The molecule has 2 N–H and O–H groups in total. The van der Waals surface area contributed by atoms with Crippen LogP contribution in [0.3, 0.4) is 0 Å². The molecule has 0 unspecified atom stereocenters. The Hall–Kier alpha value is -0.590. The van der Waals surface area contributed by atoms with Gasteiger partial charge in [0.1, 0.15) is 4.90 Å². The van der Waals surface area contributed by atoms with Gasteiger partial charge < -0.3 is 10.5 Å². The van der Waals surface area contributed by atoms with Gasteiger partial charge in [-0.3, -0.25) is 0 Å². The largest absolute Gasteiger partial charge is 0.494 e. The van der Waals surface area contributed by atoms with E-state index in [-0.39, 0.29) is 10.4 Å². The zero-order valence-corrected chi connectivity index (χ0v) is 12.1. The van der Waals surface area contributed by atoms with Gasteiger partial charge in [-0.25, -0.2) is 8.42 Å². The third kappa shape index (κ3) is 2.34. The maximum atomic E-state index is 11.7. The third-order valence-corrected chi connectivity index (χ3v) is 4.67. The van der Waals surface area contributed by atoms with Gasteiger partial charge in [-0.1, -0.05) is 0 Å². The number of halogens is 1. The summed E-state index contributed by atoms with van der Waals surface area (Å²) in [5.74, 6) is 0.334. The monoisotopic (exact) mass is 319 g/mol. The summed E-state index contributed by atoms with van der Waals surface area (Å²) in [5, 5.41) is 0. The quantitative estimate of drug-likeness (QED) is 0.922. The van der Waals surface area contributed by atoms with Gasteiger partial charge in [-0.05, 0) is 46.5 Å². The van der Waals surface area contributed by atoms with Crippen LogP contribution in [0.4, 0.5) is 0 Å². The van der Waals surface area contributed by atoms with E-state index in [0.717, 1.165) is 24.7 Å². The van der Waals surface area contributed by atoms with Gasteiger partial charge in [0.25, 0.3) is 0 Å². The lowest BCUT2D eigenvalue weighted by Gasteiger charge is -2.15. The van der Waals surface area contributed by atoms with E-state index in [9.17, 15) is 8.42 Å². The standard InChI is InChI=1S/C11H14BrNO3S/c1-16-10-8(12)5-7(11(13)3-4-11)6-9(10)17(2,14)15/h5-6H,3-4,13H2,1-2H3. The van der Waals surface area contributed by atoms with Crippen molar-refractivity contribution in [1.29, 1.82) is 0 Å².